The second kappa shape index (κ2) is 5.48. The molecular weight excluding hydrogens is 232 g/mol. The van der Waals surface area contributed by atoms with Crippen LogP contribution in [0.2, 0.25) is 0 Å². The largest absolute Gasteiger partial charge is 0.508 e. The van der Waals surface area contributed by atoms with Crippen molar-refractivity contribution in [2.75, 3.05) is 0 Å². The van der Waals surface area contributed by atoms with Gasteiger partial charge in [-0.15, -0.1) is 0 Å². The van der Waals surface area contributed by atoms with Gasteiger partial charge in [0.05, 0.1) is 0 Å². The Bertz CT molecular complexity index is 562. The predicted molar refractivity (Wildman–Crippen MR) is 80.9 cm³/mol. The summed E-state index contributed by atoms with van der Waals surface area (Å²) in [4.78, 5) is 0. The van der Waals surface area contributed by atoms with Gasteiger partial charge in [-0.2, -0.15) is 0 Å². The van der Waals surface area contributed by atoms with Crippen molar-refractivity contribution < 1.29 is 5.11 Å². The van der Waals surface area contributed by atoms with Gasteiger partial charge in [0.25, 0.3) is 0 Å². The van der Waals surface area contributed by atoms with E-state index in [1.807, 2.05) is 12.1 Å². The van der Waals surface area contributed by atoms with E-state index in [0.29, 0.717) is 11.7 Å². The lowest BCUT2D eigenvalue weighted by Gasteiger charge is -2.13. The molecule has 2 rings (SSSR count). The van der Waals surface area contributed by atoms with Gasteiger partial charge in [0, 0.05) is 0 Å². The maximum absolute atomic E-state index is 9.88. The molecule has 1 heteroatoms. The van der Waals surface area contributed by atoms with E-state index < -0.39 is 0 Å². The highest BCUT2D eigenvalue weighted by atomic mass is 16.3. The fourth-order valence-electron chi connectivity index (χ4n) is 2.51. The Kier molecular flexibility index (Phi) is 3.94. The van der Waals surface area contributed by atoms with Gasteiger partial charge in [0.1, 0.15) is 5.75 Å². The number of benzene rings is 2. The smallest absolute Gasteiger partial charge is 0.119 e. The van der Waals surface area contributed by atoms with E-state index in [2.05, 4.69) is 52.0 Å². The van der Waals surface area contributed by atoms with Crippen molar-refractivity contribution in [1.82, 2.24) is 0 Å². The van der Waals surface area contributed by atoms with E-state index >= 15 is 0 Å². The van der Waals surface area contributed by atoms with Crippen molar-refractivity contribution in [2.24, 2.45) is 0 Å². The first-order chi connectivity index (χ1) is 8.99. The molecule has 0 saturated carbocycles. The zero-order chi connectivity index (χ0) is 14.0. The summed E-state index contributed by atoms with van der Waals surface area (Å²) in [6, 6.07) is 12.4. The zero-order valence-electron chi connectivity index (χ0n) is 12.2. The fraction of sp³-hybridized carbons (Fsp3) is 0.333. The summed E-state index contributed by atoms with van der Waals surface area (Å²) in [6.45, 7) is 8.54. The molecule has 0 aromatic heterocycles. The number of phenolic OH excluding ortho intramolecular Hbond substituents is 1. The molecule has 0 radical (unpaired) electrons. The Balaban J connectivity index is 2.36. The monoisotopic (exact) mass is 254 g/mol. The van der Waals surface area contributed by atoms with Gasteiger partial charge in [-0.05, 0) is 60.1 Å². The lowest BCUT2D eigenvalue weighted by atomic mass is 9.93. The highest BCUT2D eigenvalue weighted by Gasteiger charge is 2.09. The van der Waals surface area contributed by atoms with Gasteiger partial charge in [-0.3, -0.25) is 0 Å². The fourth-order valence-corrected chi connectivity index (χ4v) is 2.51. The van der Waals surface area contributed by atoms with Crippen molar-refractivity contribution in [1.29, 1.82) is 0 Å². The van der Waals surface area contributed by atoms with E-state index in [1.54, 1.807) is 0 Å². The van der Waals surface area contributed by atoms with E-state index in [-0.39, 0.29) is 0 Å². The molecule has 0 aliphatic rings. The number of aromatic hydroxyl groups is 1. The minimum Gasteiger partial charge on any atom is -0.508 e. The average molecular weight is 254 g/mol. The molecule has 0 spiro atoms. The molecule has 2 aromatic carbocycles. The van der Waals surface area contributed by atoms with Gasteiger partial charge in [0.15, 0.2) is 0 Å². The predicted octanol–water partition coefficient (Wildman–Crippen LogP) is 4.72. The van der Waals surface area contributed by atoms with Crippen LogP contribution in [0.5, 0.6) is 5.75 Å². The molecule has 0 fully saturated rings. The number of phenols is 1. The molecule has 0 aliphatic carbocycles. The van der Waals surface area contributed by atoms with Crippen LogP contribution in [-0.2, 0) is 6.42 Å². The van der Waals surface area contributed by atoms with Gasteiger partial charge in [-0.1, -0.05) is 44.2 Å². The lowest BCUT2D eigenvalue weighted by molar-refractivity contribution is 0.464. The van der Waals surface area contributed by atoms with Crippen molar-refractivity contribution in [3.05, 3.63) is 64.2 Å². The molecule has 0 aliphatic heterocycles. The number of hydrogen-bond donors (Lipinski definition) is 1. The molecule has 0 atom stereocenters. The van der Waals surface area contributed by atoms with Crippen molar-refractivity contribution in [3.63, 3.8) is 0 Å². The Hall–Kier alpha value is -1.76. The summed E-state index contributed by atoms with van der Waals surface area (Å²) in [5.41, 5.74) is 6.35. The summed E-state index contributed by atoms with van der Waals surface area (Å²) < 4.78 is 0. The van der Waals surface area contributed by atoms with Gasteiger partial charge < -0.3 is 5.11 Å². The second-order valence-corrected chi connectivity index (χ2v) is 5.60. The lowest BCUT2D eigenvalue weighted by Crippen LogP contribution is -1.97. The average Bonchev–Trinajstić information content (AvgIpc) is 2.35. The van der Waals surface area contributed by atoms with E-state index in [4.69, 9.17) is 0 Å². The third-order valence-electron chi connectivity index (χ3n) is 3.74. The van der Waals surface area contributed by atoms with Gasteiger partial charge in [-0.25, -0.2) is 0 Å². The topological polar surface area (TPSA) is 20.2 Å². The maximum atomic E-state index is 9.88. The first-order valence-electron chi connectivity index (χ1n) is 6.86. The molecule has 2 aromatic rings. The molecule has 1 N–H and O–H groups in total. The van der Waals surface area contributed by atoms with Gasteiger partial charge in [0.2, 0.25) is 0 Å². The van der Waals surface area contributed by atoms with Crippen molar-refractivity contribution >= 4 is 0 Å². The summed E-state index contributed by atoms with van der Waals surface area (Å²) in [7, 11) is 0. The van der Waals surface area contributed by atoms with E-state index in [1.165, 1.54) is 22.3 Å². The summed E-state index contributed by atoms with van der Waals surface area (Å²) in [6.07, 6.45) is 0.929. The van der Waals surface area contributed by atoms with Crippen molar-refractivity contribution in [3.8, 4) is 5.75 Å². The third kappa shape index (κ3) is 2.98. The van der Waals surface area contributed by atoms with Crippen LogP contribution in [0.25, 0.3) is 0 Å². The van der Waals surface area contributed by atoms with Gasteiger partial charge >= 0.3 is 0 Å². The highest BCUT2D eigenvalue weighted by Crippen LogP contribution is 2.28. The summed E-state index contributed by atoms with van der Waals surface area (Å²) in [5.74, 6) is 0.748. The second-order valence-electron chi connectivity index (χ2n) is 5.60. The molecule has 0 unspecified atom stereocenters. The quantitative estimate of drug-likeness (QED) is 0.840. The molecule has 0 bridgehead atoms. The summed E-state index contributed by atoms with van der Waals surface area (Å²) in [5, 5.41) is 9.88. The number of aryl methyl sites for hydroxylation is 2. The Morgan fingerprint density at radius 3 is 2.21 bits per heavy atom. The maximum Gasteiger partial charge on any atom is 0.119 e. The zero-order valence-corrected chi connectivity index (χ0v) is 12.2. The van der Waals surface area contributed by atoms with Crippen LogP contribution < -0.4 is 0 Å². The third-order valence-corrected chi connectivity index (χ3v) is 3.74. The standard InChI is InChI=1S/C18H22O/c1-12(2)16-10-15(8-9-18(16)19)11-17-13(3)6-5-7-14(17)4/h5-10,12,19H,11H2,1-4H3. The van der Waals surface area contributed by atoms with Crippen LogP contribution >= 0.6 is 0 Å². The minimum absolute atomic E-state index is 0.345. The van der Waals surface area contributed by atoms with Crippen LogP contribution in [0.15, 0.2) is 36.4 Å². The van der Waals surface area contributed by atoms with Crippen LogP contribution in [0, 0.1) is 13.8 Å². The molecule has 0 amide bonds. The minimum atomic E-state index is 0.345. The van der Waals surface area contributed by atoms with Crippen LogP contribution in [-0.4, -0.2) is 5.11 Å². The van der Waals surface area contributed by atoms with Crippen LogP contribution in [0.1, 0.15) is 47.6 Å². The number of hydrogen-bond acceptors (Lipinski definition) is 1. The van der Waals surface area contributed by atoms with Crippen LogP contribution in [0.3, 0.4) is 0 Å². The van der Waals surface area contributed by atoms with Crippen molar-refractivity contribution in [2.45, 2.75) is 40.0 Å². The van der Waals surface area contributed by atoms with E-state index in [9.17, 15) is 5.11 Å². The Morgan fingerprint density at radius 1 is 1.00 bits per heavy atom. The normalized spacial score (nSPS) is 11.0. The highest BCUT2D eigenvalue weighted by molar-refractivity contribution is 5.42. The SMILES string of the molecule is Cc1cccc(C)c1Cc1ccc(O)c(C(C)C)c1. The Morgan fingerprint density at radius 2 is 1.63 bits per heavy atom. The van der Waals surface area contributed by atoms with Crippen LogP contribution in [0.4, 0.5) is 0 Å². The molecule has 100 valence electrons. The van der Waals surface area contributed by atoms with E-state index in [0.717, 1.165) is 12.0 Å². The molecule has 1 nitrogen and oxygen atoms in total. The summed E-state index contributed by atoms with van der Waals surface area (Å²) >= 11 is 0. The molecular formula is C18H22O. The molecule has 0 saturated heterocycles. The number of rotatable bonds is 3. The first-order valence-corrected chi connectivity index (χ1v) is 6.86. The molecule has 0 heterocycles. The molecule has 19 heavy (non-hydrogen) atoms. The Labute approximate surface area is 115 Å². The first kappa shape index (κ1) is 13.7.